The van der Waals surface area contributed by atoms with E-state index in [9.17, 15) is 0 Å². The predicted molar refractivity (Wildman–Crippen MR) is 28.4 cm³/mol. The van der Waals surface area contributed by atoms with E-state index in [-0.39, 0.29) is 41.5 Å². The molecule has 4 heavy (non-hydrogen) atoms. The van der Waals surface area contributed by atoms with Crippen LogP contribution in [0, 0.1) is 0 Å². The molecule has 0 heterocycles. The summed E-state index contributed by atoms with van der Waals surface area (Å²) in [6.07, 6.45) is 0. The molecule has 0 spiro atoms. The molecule has 0 aliphatic rings. The molecule has 0 aromatic carbocycles. The molecule has 0 saturated heterocycles. The van der Waals surface area contributed by atoms with Gasteiger partial charge in [0.2, 0.25) is 0 Å². The second-order valence-electron chi connectivity index (χ2n) is 0. The van der Waals surface area contributed by atoms with Gasteiger partial charge in [-0.25, -0.2) is 0 Å². The first-order valence-electron chi connectivity index (χ1n) is 0.129. The van der Waals surface area contributed by atoms with Crippen LogP contribution in [0.5, 0.6) is 0 Å². The van der Waals surface area contributed by atoms with Gasteiger partial charge in [0.25, 0.3) is 0 Å². The summed E-state index contributed by atoms with van der Waals surface area (Å²) in [7, 11) is 0. The second-order valence-corrected chi connectivity index (χ2v) is 0. The first-order chi connectivity index (χ1) is 1.00. The van der Waals surface area contributed by atoms with Gasteiger partial charge < -0.3 is 0 Å². The zero-order chi connectivity index (χ0) is 2.00. The van der Waals surface area contributed by atoms with E-state index in [1.165, 1.54) is 0 Å². The monoisotopic (exact) mass is 527 g/mol. The van der Waals surface area contributed by atoms with Crippen LogP contribution in [0.1, 0.15) is 0 Å². The summed E-state index contributed by atoms with van der Waals surface area (Å²) in [4.78, 5) is 0. The molecular formula is H8GePtSnTe. The zero-order valence-corrected chi connectivity index (χ0v) is 5.33. The van der Waals surface area contributed by atoms with Crippen LogP contribution in [0.4, 0.5) is 0 Å². The van der Waals surface area contributed by atoms with Crippen LogP contribution in [0.25, 0.3) is 0 Å². The van der Waals surface area contributed by atoms with Crippen LogP contribution in [0.2, 0.25) is 0 Å². The summed E-state index contributed by atoms with van der Waals surface area (Å²) in [5, 5.41) is 0. The normalized spacial score (nSPS) is 1.75. The molecule has 4 heteroatoms. The van der Waals surface area contributed by atoms with E-state index in [0.29, 0.717) is 0 Å². The van der Waals surface area contributed by atoms with Crippen LogP contribution < -0.4 is 0 Å². The van der Waals surface area contributed by atoms with Crippen LogP contribution in [-0.4, -0.2) is 60.6 Å². The maximum absolute atomic E-state index is 2.15. The minimum absolute atomic E-state index is 0. The third-order valence-electron chi connectivity index (χ3n) is 0. The van der Waals surface area contributed by atoms with Gasteiger partial charge in [-0.1, -0.05) is 0 Å². The van der Waals surface area contributed by atoms with Crippen molar-refractivity contribution >= 4 is 60.6 Å². The Hall–Kier alpha value is 2.82. The SMILES string of the molecule is [GeH4].[SnH4].[Te][Pt]. The molecular weight excluding hydrogens is 514 g/mol. The first kappa shape index (κ1) is 15.8. The van der Waals surface area contributed by atoms with Crippen LogP contribution in [0.3, 0.4) is 0 Å². The summed E-state index contributed by atoms with van der Waals surface area (Å²) >= 11 is 4.07. The van der Waals surface area contributed by atoms with Crippen molar-refractivity contribution in [3.05, 3.63) is 0 Å². The Kier molecular flexibility index (Phi) is 67.3. The Bertz CT molecular complexity index is 8.00. The molecule has 0 aliphatic heterocycles. The van der Waals surface area contributed by atoms with Gasteiger partial charge in [0.15, 0.2) is 0 Å². The first-order valence-corrected chi connectivity index (χ1v) is 7.09. The molecule has 0 amide bonds. The Labute approximate surface area is 75.3 Å². The van der Waals surface area contributed by atoms with Gasteiger partial charge in [-0.3, -0.25) is 0 Å². The molecule has 0 nitrogen and oxygen atoms in total. The van der Waals surface area contributed by atoms with E-state index < -0.39 is 0 Å². The summed E-state index contributed by atoms with van der Waals surface area (Å²) < 4.78 is 0. The van der Waals surface area contributed by atoms with Crippen LogP contribution >= 0.6 is 0 Å². The molecule has 32 valence electrons. The van der Waals surface area contributed by atoms with Crippen molar-refractivity contribution in [1.29, 1.82) is 0 Å². The van der Waals surface area contributed by atoms with E-state index >= 15 is 0 Å². The van der Waals surface area contributed by atoms with Crippen molar-refractivity contribution < 1.29 is 16.2 Å². The number of rotatable bonds is 0. The van der Waals surface area contributed by atoms with Gasteiger partial charge in [-0.15, -0.1) is 0 Å². The molecule has 0 fully saturated rings. The van der Waals surface area contributed by atoms with E-state index in [1.807, 2.05) is 19.1 Å². The van der Waals surface area contributed by atoms with Gasteiger partial charge in [0.1, 0.15) is 0 Å². The van der Waals surface area contributed by atoms with Gasteiger partial charge in [0, 0.05) is 0 Å². The van der Waals surface area contributed by atoms with Gasteiger partial charge >= 0.3 is 76.8 Å². The van der Waals surface area contributed by atoms with Crippen molar-refractivity contribution in [2.45, 2.75) is 0 Å². The zero-order valence-electron chi connectivity index (χ0n) is 0.724. The topological polar surface area (TPSA) is 0 Å². The van der Waals surface area contributed by atoms with E-state index in [2.05, 4.69) is 16.2 Å². The molecule has 1 radical (unpaired) electrons. The third kappa shape index (κ3) is 8.84. The average molecular weight is 522 g/mol. The Morgan fingerprint density at radius 2 is 1.25 bits per heavy atom. The maximum atomic E-state index is 2.15. The van der Waals surface area contributed by atoms with E-state index in [0.717, 1.165) is 0 Å². The van der Waals surface area contributed by atoms with Crippen molar-refractivity contribution in [3.63, 3.8) is 0 Å². The van der Waals surface area contributed by atoms with Crippen LogP contribution in [-0.2, 0) is 16.2 Å². The molecule has 0 N–H and O–H groups in total. The summed E-state index contributed by atoms with van der Waals surface area (Å²) in [5.41, 5.74) is 0. The fourth-order valence-corrected chi connectivity index (χ4v) is 0. The Morgan fingerprint density at radius 3 is 1.25 bits per heavy atom. The van der Waals surface area contributed by atoms with Crippen molar-refractivity contribution in [3.8, 4) is 0 Å². The van der Waals surface area contributed by atoms with E-state index in [1.54, 1.807) is 0 Å². The minimum atomic E-state index is 0. The molecule has 0 aromatic heterocycles. The van der Waals surface area contributed by atoms with Gasteiger partial charge in [0.05, 0.1) is 0 Å². The molecule has 0 rings (SSSR count). The number of hydrogen-bond donors (Lipinski definition) is 0. The Balaban J connectivity index is -0.00000000500. The second kappa shape index (κ2) is 17.0. The summed E-state index contributed by atoms with van der Waals surface area (Å²) in [6.45, 7) is 0. The fraction of sp³-hybridized carbons (Fsp3) is 0. The van der Waals surface area contributed by atoms with Crippen molar-refractivity contribution in [2.24, 2.45) is 0 Å². The van der Waals surface area contributed by atoms with Gasteiger partial charge in [-0.2, -0.15) is 0 Å². The predicted octanol–water partition coefficient (Wildman–Crippen LogP) is -3.29. The quantitative estimate of drug-likeness (QED) is 0.293. The fourth-order valence-electron chi connectivity index (χ4n) is 0. The third-order valence-corrected chi connectivity index (χ3v) is 0. The van der Waals surface area contributed by atoms with Crippen molar-refractivity contribution in [2.75, 3.05) is 0 Å². The summed E-state index contributed by atoms with van der Waals surface area (Å²) in [6, 6.07) is 0. The molecule has 0 aromatic rings. The van der Waals surface area contributed by atoms with Gasteiger partial charge in [-0.05, 0) is 0 Å². The van der Waals surface area contributed by atoms with Crippen molar-refractivity contribution in [1.82, 2.24) is 0 Å². The molecule has 0 atom stereocenters. The molecule has 0 saturated carbocycles. The van der Waals surface area contributed by atoms with Crippen LogP contribution in [0.15, 0.2) is 0 Å². The number of hydrogen-bond acceptors (Lipinski definition) is 0. The molecule has 0 aliphatic carbocycles. The molecule has 0 bridgehead atoms. The average Bonchev–Trinajstić information content (AvgIpc) is 1.00. The van der Waals surface area contributed by atoms with E-state index in [4.69, 9.17) is 0 Å². The molecule has 0 unspecified atom stereocenters. The Morgan fingerprint density at radius 1 is 1.25 bits per heavy atom. The summed E-state index contributed by atoms with van der Waals surface area (Å²) in [5.74, 6) is 0. The standard InChI is InChI=1S/GeH4.Pt.Sn.Te.4H/h1H4;;;;;;;.